The predicted octanol–water partition coefficient (Wildman–Crippen LogP) is 1.10. The Hall–Kier alpha value is -1.43. The Bertz CT molecular complexity index is 416. The minimum Gasteiger partial charge on any atom is -0.480 e. The van der Waals surface area contributed by atoms with Gasteiger partial charge in [0.15, 0.2) is 0 Å². The van der Waals surface area contributed by atoms with Crippen LogP contribution in [-0.2, 0) is 11.2 Å². The highest BCUT2D eigenvalue weighted by atomic mass is 16.4. The van der Waals surface area contributed by atoms with Crippen molar-refractivity contribution in [3.63, 3.8) is 0 Å². The second-order valence-electron chi connectivity index (χ2n) is 4.97. The number of hydrogen-bond donors (Lipinski definition) is 4. The molecule has 0 aromatic heterocycles. The van der Waals surface area contributed by atoms with Gasteiger partial charge in [-0.3, -0.25) is 10.1 Å². The minimum absolute atomic E-state index is 0.0784. The van der Waals surface area contributed by atoms with Crippen molar-refractivity contribution in [1.29, 1.82) is 0 Å². The lowest BCUT2D eigenvalue weighted by Crippen LogP contribution is -2.46. The third kappa shape index (κ3) is 4.92. The van der Waals surface area contributed by atoms with Crippen LogP contribution in [0.5, 0.6) is 0 Å². The summed E-state index contributed by atoms with van der Waals surface area (Å²) in [6.45, 7) is 3.58. The van der Waals surface area contributed by atoms with Gasteiger partial charge in [-0.2, -0.15) is 0 Å². The van der Waals surface area contributed by atoms with Crippen LogP contribution in [0.2, 0.25) is 0 Å². The molecule has 1 aromatic rings. The Kier molecular flexibility index (Phi) is 6.64. The Morgan fingerprint density at radius 1 is 1.25 bits per heavy atom. The van der Waals surface area contributed by atoms with Crippen molar-refractivity contribution >= 4 is 5.97 Å². The lowest BCUT2D eigenvalue weighted by Gasteiger charge is -2.19. The molecule has 0 saturated carbocycles. The minimum atomic E-state index is -1.13. The molecule has 0 fully saturated rings. The zero-order chi connectivity index (χ0) is 15.1. The van der Waals surface area contributed by atoms with Crippen molar-refractivity contribution in [3.05, 3.63) is 35.4 Å². The van der Waals surface area contributed by atoms with Gasteiger partial charge >= 0.3 is 5.97 Å². The van der Waals surface area contributed by atoms with Gasteiger partial charge in [0, 0.05) is 6.54 Å². The predicted molar refractivity (Wildman–Crippen MR) is 76.5 cm³/mol. The molecule has 1 aromatic carbocycles. The smallest absolute Gasteiger partial charge is 0.323 e. The van der Waals surface area contributed by atoms with Gasteiger partial charge in [0.2, 0.25) is 0 Å². The number of benzene rings is 1. The SMILES string of the molecule is CCCc1ccc(C(O)CNC(C(=O)O)C(C)O)cc1. The molecule has 0 spiro atoms. The van der Waals surface area contributed by atoms with E-state index in [1.54, 1.807) is 0 Å². The zero-order valence-corrected chi connectivity index (χ0v) is 11.9. The van der Waals surface area contributed by atoms with Crippen molar-refractivity contribution < 1.29 is 20.1 Å². The largest absolute Gasteiger partial charge is 0.480 e. The molecular formula is C15H23NO4. The highest BCUT2D eigenvalue weighted by molar-refractivity contribution is 5.74. The van der Waals surface area contributed by atoms with E-state index in [0.29, 0.717) is 0 Å². The number of rotatable bonds is 8. The topological polar surface area (TPSA) is 89.8 Å². The van der Waals surface area contributed by atoms with Gasteiger partial charge in [0.1, 0.15) is 6.04 Å². The van der Waals surface area contributed by atoms with Crippen molar-refractivity contribution in [2.75, 3.05) is 6.54 Å². The van der Waals surface area contributed by atoms with Crippen molar-refractivity contribution in [2.45, 2.75) is 44.9 Å². The maximum Gasteiger partial charge on any atom is 0.323 e. The van der Waals surface area contributed by atoms with E-state index >= 15 is 0 Å². The molecule has 0 aliphatic rings. The fourth-order valence-electron chi connectivity index (χ4n) is 2.02. The first-order chi connectivity index (χ1) is 9.45. The number of carbonyl (C=O) groups is 1. The number of carboxylic acids is 1. The van der Waals surface area contributed by atoms with E-state index < -0.39 is 24.2 Å². The van der Waals surface area contributed by atoms with Gasteiger partial charge in [0.05, 0.1) is 12.2 Å². The average molecular weight is 281 g/mol. The molecule has 5 nitrogen and oxygen atoms in total. The molecule has 112 valence electrons. The van der Waals surface area contributed by atoms with Crippen molar-refractivity contribution in [1.82, 2.24) is 5.32 Å². The first-order valence-electron chi connectivity index (χ1n) is 6.86. The van der Waals surface area contributed by atoms with Crippen LogP contribution in [0.25, 0.3) is 0 Å². The van der Waals surface area contributed by atoms with Crippen molar-refractivity contribution in [3.8, 4) is 0 Å². The maximum absolute atomic E-state index is 10.9. The quantitative estimate of drug-likeness (QED) is 0.573. The van der Waals surface area contributed by atoms with Gasteiger partial charge in [-0.15, -0.1) is 0 Å². The number of aliphatic hydroxyl groups excluding tert-OH is 2. The van der Waals surface area contributed by atoms with Crippen LogP contribution in [0.4, 0.5) is 0 Å². The van der Waals surface area contributed by atoms with Gasteiger partial charge in [-0.1, -0.05) is 37.6 Å². The molecule has 1 rings (SSSR count). The van der Waals surface area contributed by atoms with E-state index in [1.807, 2.05) is 24.3 Å². The van der Waals surface area contributed by atoms with Gasteiger partial charge in [0.25, 0.3) is 0 Å². The third-order valence-electron chi connectivity index (χ3n) is 3.18. The summed E-state index contributed by atoms with van der Waals surface area (Å²) in [5.41, 5.74) is 1.94. The number of aliphatic hydroxyl groups is 2. The van der Waals surface area contributed by atoms with Gasteiger partial charge in [-0.05, 0) is 24.5 Å². The van der Waals surface area contributed by atoms with Crippen LogP contribution in [0.1, 0.15) is 37.5 Å². The van der Waals surface area contributed by atoms with E-state index in [9.17, 15) is 15.0 Å². The Morgan fingerprint density at radius 3 is 2.30 bits per heavy atom. The number of nitrogens with one attached hydrogen (secondary N) is 1. The van der Waals surface area contributed by atoms with Crippen LogP contribution in [0, 0.1) is 0 Å². The molecule has 4 N–H and O–H groups in total. The molecule has 0 amide bonds. The molecule has 3 atom stereocenters. The molecule has 5 heteroatoms. The highest BCUT2D eigenvalue weighted by Crippen LogP contribution is 2.14. The Balaban J connectivity index is 2.57. The standard InChI is InChI=1S/C15H23NO4/c1-3-4-11-5-7-12(8-6-11)13(18)9-16-14(10(2)17)15(19)20/h5-8,10,13-14,16-18H,3-4,9H2,1-2H3,(H,19,20). The Labute approximate surface area is 119 Å². The summed E-state index contributed by atoms with van der Waals surface area (Å²) in [5, 5.41) is 30.9. The second-order valence-corrected chi connectivity index (χ2v) is 4.97. The molecule has 0 aliphatic carbocycles. The third-order valence-corrected chi connectivity index (χ3v) is 3.18. The number of carboxylic acid groups (broad SMARTS) is 1. The monoisotopic (exact) mass is 281 g/mol. The number of aliphatic carboxylic acids is 1. The van der Waals surface area contributed by atoms with E-state index in [-0.39, 0.29) is 6.54 Å². The van der Waals surface area contributed by atoms with E-state index in [2.05, 4.69) is 12.2 Å². The highest BCUT2D eigenvalue weighted by Gasteiger charge is 2.23. The second kappa shape index (κ2) is 7.99. The summed E-state index contributed by atoms with van der Waals surface area (Å²) in [7, 11) is 0. The van der Waals surface area contributed by atoms with Crippen LogP contribution in [0.15, 0.2) is 24.3 Å². The average Bonchev–Trinajstić information content (AvgIpc) is 2.39. The van der Waals surface area contributed by atoms with Crippen molar-refractivity contribution in [2.24, 2.45) is 0 Å². The summed E-state index contributed by atoms with van der Waals surface area (Å²) in [6, 6.07) is 6.53. The summed E-state index contributed by atoms with van der Waals surface area (Å²) < 4.78 is 0. The van der Waals surface area contributed by atoms with Gasteiger partial charge in [-0.25, -0.2) is 0 Å². The molecule has 0 bridgehead atoms. The first kappa shape index (κ1) is 16.6. The molecule has 0 saturated heterocycles. The Morgan fingerprint density at radius 2 is 1.85 bits per heavy atom. The van der Waals surface area contributed by atoms with Crippen LogP contribution in [0.3, 0.4) is 0 Å². The maximum atomic E-state index is 10.9. The molecule has 0 aliphatic heterocycles. The zero-order valence-electron chi connectivity index (χ0n) is 11.9. The molecule has 20 heavy (non-hydrogen) atoms. The lowest BCUT2D eigenvalue weighted by molar-refractivity contribution is -0.142. The summed E-state index contributed by atoms with van der Waals surface area (Å²) in [4.78, 5) is 10.9. The van der Waals surface area contributed by atoms with Crippen LogP contribution < -0.4 is 5.32 Å². The van der Waals surface area contributed by atoms with Crippen LogP contribution in [-0.4, -0.2) is 40.0 Å². The fourth-order valence-corrected chi connectivity index (χ4v) is 2.02. The fraction of sp³-hybridized carbons (Fsp3) is 0.533. The summed E-state index contributed by atoms with van der Waals surface area (Å²) in [5.74, 6) is -1.13. The molecule has 3 unspecified atom stereocenters. The molecule has 0 radical (unpaired) electrons. The molecule has 0 heterocycles. The number of hydrogen-bond acceptors (Lipinski definition) is 4. The van der Waals surface area contributed by atoms with Gasteiger partial charge < -0.3 is 15.3 Å². The lowest BCUT2D eigenvalue weighted by atomic mass is 10.0. The van der Waals surface area contributed by atoms with E-state index in [1.165, 1.54) is 12.5 Å². The summed E-state index contributed by atoms with van der Waals surface area (Å²) in [6.07, 6.45) is 0.244. The summed E-state index contributed by atoms with van der Waals surface area (Å²) >= 11 is 0. The first-order valence-corrected chi connectivity index (χ1v) is 6.86. The van der Waals surface area contributed by atoms with Crippen LogP contribution >= 0.6 is 0 Å². The van der Waals surface area contributed by atoms with E-state index in [0.717, 1.165) is 18.4 Å². The number of aryl methyl sites for hydroxylation is 1. The normalized spacial score (nSPS) is 15.6. The molecular weight excluding hydrogens is 258 g/mol. The van der Waals surface area contributed by atoms with E-state index in [4.69, 9.17) is 5.11 Å².